The lowest BCUT2D eigenvalue weighted by Crippen LogP contribution is -2.01. The molecule has 0 aliphatic carbocycles. The summed E-state index contributed by atoms with van der Waals surface area (Å²) in [6.45, 7) is 0. The third-order valence-electron chi connectivity index (χ3n) is 2.89. The van der Waals surface area contributed by atoms with Crippen molar-refractivity contribution in [3.05, 3.63) is 38.5 Å². The van der Waals surface area contributed by atoms with E-state index >= 15 is 0 Å². The third kappa shape index (κ3) is 2.90. The summed E-state index contributed by atoms with van der Waals surface area (Å²) < 4.78 is 17.1. The zero-order chi connectivity index (χ0) is 14.7. The van der Waals surface area contributed by atoms with E-state index in [0.29, 0.717) is 17.2 Å². The SMILES string of the molecule is COc1ccc(C(Cl)c2csc(Br)c2)c(OC)c1OC. The fraction of sp³-hybridized carbons (Fsp3) is 0.286. The molecule has 1 atom stereocenters. The molecule has 0 amide bonds. The first-order valence-electron chi connectivity index (χ1n) is 5.79. The van der Waals surface area contributed by atoms with Crippen molar-refractivity contribution in [1.29, 1.82) is 0 Å². The Bertz CT molecular complexity index is 600. The van der Waals surface area contributed by atoms with Crippen LogP contribution in [-0.2, 0) is 0 Å². The molecule has 0 aliphatic rings. The van der Waals surface area contributed by atoms with Gasteiger partial charge in [-0.15, -0.1) is 22.9 Å². The second-order valence-corrected chi connectivity index (χ2v) is 6.70. The molecule has 0 aliphatic heterocycles. The Kier molecular flexibility index (Phi) is 5.18. The largest absolute Gasteiger partial charge is 0.493 e. The predicted molar refractivity (Wildman–Crippen MR) is 85.8 cm³/mol. The lowest BCUT2D eigenvalue weighted by molar-refractivity contribution is 0.322. The van der Waals surface area contributed by atoms with Gasteiger partial charge in [-0.1, -0.05) is 0 Å². The van der Waals surface area contributed by atoms with Gasteiger partial charge >= 0.3 is 0 Å². The van der Waals surface area contributed by atoms with Crippen molar-refractivity contribution in [3.8, 4) is 17.2 Å². The lowest BCUT2D eigenvalue weighted by Gasteiger charge is -2.18. The second-order valence-electron chi connectivity index (χ2n) is 3.97. The van der Waals surface area contributed by atoms with Crippen molar-refractivity contribution in [1.82, 2.24) is 0 Å². The smallest absolute Gasteiger partial charge is 0.203 e. The molecular weight excluding hydrogens is 364 g/mol. The molecule has 0 saturated carbocycles. The predicted octanol–water partition coefficient (Wildman–Crippen LogP) is 4.86. The molecule has 1 aromatic heterocycles. The number of alkyl halides is 1. The molecule has 1 aromatic carbocycles. The maximum absolute atomic E-state index is 6.56. The molecule has 3 nitrogen and oxygen atoms in total. The van der Waals surface area contributed by atoms with E-state index in [2.05, 4.69) is 15.9 Å². The van der Waals surface area contributed by atoms with Crippen LogP contribution < -0.4 is 14.2 Å². The summed E-state index contributed by atoms with van der Waals surface area (Å²) >= 11 is 11.6. The van der Waals surface area contributed by atoms with Crippen molar-refractivity contribution in [3.63, 3.8) is 0 Å². The molecule has 0 N–H and O–H groups in total. The average molecular weight is 378 g/mol. The van der Waals surface area contributed by atoms with Crippen LogP contribution in [0.2, 0.25) is 0 Å². The number of thiophene rings is 1. The zero-order valence-electron chi connectivity index (χ0n) is 11.3. The summed E-state index contributed by atoms with van der Waals surface area (Å²) in [6.07, 6.45) is 0. The van der Waals surface area contributed by atoms with Crippen LogP contribution in [0.15, 0.2) is 27.4 Å². The van der Waals surface area contributed by atoms with Gasteiger partial charge in [0.2, 0.25) is 5.75 Å². The van der Waals surface area contributed by atoms with Gasteiger partial charge in [-0.3, -0.25) is 0 Å². The number of methoxy groups -OCH3 is 3. The highest BCUT2D eigenvalue weighted by Gasteiger charge is 2.22. The Hall–Kier alpha value is -0.910. The third-order valence-corrected chi connectivity index (χ3v) is 4.90. The van der Waals surface area contributed by atoms with E-state index in [1.165, 1.54) is 0 Å². The first-order chi connectivity index (χ1) is 9.62. The van der Waals surface area contributed by atoms with Crippen LogP contribution in [0.5, 0.6) is 17.2 Å². The van der Waals surface area contributed by atoms with Crippen LogP contribution in [0.3, 0.4) is 0 Å². The van der Waals surface area contributed by atoms with Gasteiger partial charge in [0.25, 0.3) is 0 Å². The number of benzene rings is 1. The van der Waals surface area contributed by atoms with E-state index in [0.717, 1.165) is 14.9 Å². The first kappa shape index (κ1) is 15.5. The topological polar surface area (TPSA) is 27.7 Å². The molecule has 0 bridgehead atoms. The average Bonchev–Trinajstić information content (AvgIpc) is 2.91. The number of ether oxygens (including phenoxy) is 3. The van der Waals surface area contributed by atoms with Crippen molar-refractivity contribution in [2.24, 2.45) is 0 Å². The van der Waals surface area contributed by atoms with Gasteiger partial charge in [0.1, 0.15) is 0 Å². The van der Waals surface area contributed by atoms with Crippen LogP contribution in [0.4, 0.5) is 0 Å². The number of rotatable bonds is 5. The Morgan fingerprint density at radius 2 is 1.80 bits per heavy atom. The lowest BCUT2D eigenvalue weighted by atomic mass is 10.0. The Morgan fingerprint density at radius 1 is 1.10 bits per heavy atom. The highest BCUT2D eigenvalue weighted by Crippen LogP contribution is 2.46. The highest BCUT2D eigenvalue weighted by atomic mass is 79.9. The molecule has 1 heterocycles. The summed E-state index contributed by atoms with van der Waals surface area (Å²) in [5.74, 6) is 1.75. The molecule has 20 heavy (non-hydrogen) atoms. The summed E-state index contributed by atoms with van der Waals surface area (Å²) in [5, 5.41) is 1.70. The van der Waals surface area contributed by atoms with Crippen LogP contribution in [0.1, 0.15) is 16.5 Å². The molecule has 0 saturated heterocycles. The Labute approximate surface area is 135 Å². The number of hydrogen-bond acceptors (Lipinski definition) is 4. The maximum Gasteiger partial charge on any atom is 0.203 e. The number of halogens is 2. The van der Waals surface area contributed by atoms with Gasteiger partial charge < -0.3 is 14.2 Å². The molecular formula is C14H14BrClO3S. The minimum atomic E-state index is -0.313. The van der Waals surface area contributed by atoms with E-state index in [9.17, 15) is 0 Å². The van der Waals surface area contributed by atoms with Gasteiger partial charge in [0.15, 0.2) is 11.5 Å². The normalized spacial score (nSPS) is 12.1. The molecule has 0 spiro atoms. The fourth-order valence-corrected chi connectivity index (χ4v) is 3.53. The van der Waals surface area contributed by atoms with Crippen LogP contribution in [0, 0.1) is 0 Å². The summed E-state index contributed by atoms with van der Waals surface area (Å²) in [4.78, 5) is 0. The zero-order valence-corrected chi connectivity index (χ0v) is 14.4. The van der Waals surface area contributed by atoms with Gasteiger partial charge in [-0.25, -0.2) is 0 Å². The number of hydrogen-bond donors (Lipinski definition) is 0. The molecule has 2 aromatic rings. The van der Waals surface area contributed by atoms with Crippen molar-refractivity contribution in [2.75, 3.05) is 21.3 Å². The minimum absolute atomic E-state index is 0.313. The van der Waals surface area contributed by atoms with E-state index in [4.69, 9.17) is 25.8 Å². The van der Waals surface area contributed by atoms with E-state index in [-0.39, 0.29) is 5.38 Å². The van der Waals surface area contributed by atoms with Crippen molar-refractivity contribution in [2.45, 2.75) is 5.38 Å². The van der Waals surface area contributed by atoms with Crippen molar-refractivity contribution < 1.29 is 14.2 Å². The molecule has 2 rings (SSSR count). The molecule has 0 radical (unpaired) electrons. The van der Waals surface area contributed by atoms with E-state index in [1.807, 2.05) is 23.6 Å². The fourth-order valence-electron chi connectivity index (χ4n) is 1.96. The summed E-state index contributed by atoms with van der Waals surface area (Å²) in [6, 6.07) is 5.72. The first-order valence-corrected chi connectivity index (χ1v) is 7.90. The maximum atomic E-state index is 6.56. The standard InChI is InChI=1S/C14H14BrClO3S/c1-17-10-5-4-9(13(18-2)14(10)19-3)12(16)8-6-11(15)20-7-8/h4-7,12H,1-3H3. The monoisotopic (exact) mass is 376 g/mol. The van der Waals surface area contributed by atoms with Crippen LogP contribution in [-0.4, -0.2) is 21.3 Å². The van der Waals surface area contributed by atoms with Gasteiger partial charge in [0, 0.05) is 5.56 Å². The quantitative estimate of drug-likeness (QED) is 0.696. The Morgan fingerprint density at radius 3 is 2.30 bits per heavy atom. The Balaban J connectivity index is 2.51. The summed E-state index contributed by atoms with van der Waals surface area (Å²) in [5.41, 5.74) is 1.85. The molecule has 0 fully saturated rings. The van der Waals surface area contributed by atoms with Gasteiger partial charge in [0.05, 0.1) is 30.5 Å². The summed E-state index contributed by atoms with van der Waals surface area (Å²) in [7, 11) is 4.76. The second kappa shape index (κ2) is 6.70. The molecule has 1 unspecified atom stereocenters. The van der Waals surface area contributed by atoms with E-state index in [1.54, 1.807) is 32.7 Å². The minimum Gasteiger partial charge on any atom is -0.493 e. The molecule has 6 heteroatoms. The highest BCUT2D eigenvalue weighted by molar-refractivity contribution is 9.11. The van der Waals surface area contributed by atoms with Crippen LogP contribution >= 0.6 is 38.9 Å². The van der Waals surface area contributed by atoms with Crippen molar-refractivity contribution >= 4 is 38.9 Å². The van der Waals surface area contributed by atoms with Crippen LogP contribution in [0.25, 0.3) is 0 Å². The van der Waals surface area contributed by atoms with E-state index < -0.39 is 0 Å². The molecule has 108 valence electrons. The van der Waals surface area contributed by atoms with Gasteiger partial charge in [-0.05, 0) is 45.1 Å². The van der Waals surface area contributed by atoms with Gasteiger partial charge in [-0.2, -0.15) is 0 Å².